The number of aliphatic carboxylic acids is 1. The van der Waals surface area contributed by atoms with Gasteiger partial charge in [-0.25, -0.2) is 4.79 Å². The third-order valence-electron chi connectivity index (χ3n) is 3.85. The van der Waals surface area contributed by atoms with E-state index in [0.717, 1.165) is 29.9 Å². The van der Waals surface area contributed by atoms with E-state index in [1.807, 2.05) is 48.5 Å². The van der Waals surface area contributed by atoms with E-state index in [-0.39, 0.29) is 5.57 Å². The molecule has 0 saturated heterocycles. The Morgan fingerprint density at radius 1 is 1.07 bits per heavy atom. The van der Waals surface area contributed by atoms with Gasteiger partial charge in [0.25, 0.3) is 0 Å². The summed E-state index contributed by atoms with van der Waals surface area (Å²) in [6, 6.07) is 17.8. The summed E-state index contributed by atoms with van der Waals surface area (Å²) < 4.78 is 5.93. The van der Waals surface area contributed by atoms with Crippen molar-refractivity contribution in [2.24, 2.45) is 0 Å². The number of benzene rings is 2. The predicted octanol–water partition coefficient (Wildman–Crippen LogP) is 5.83. The monoisotopic (exact) mass is 365 g/mol. The van der Waals surface area contributed by atoms with Gasteiger partial charge >= 0.3 is 5.97 Å². The zero-order chi connectivity index (χ0) is 20.1. The van der Waals surface area contributed by atoms with Crippen molar-refractivity contribution in [2.75, 3.05) is 6.61 Å². The normalized spacial score (nSPS) is 9.52. The lowest BCUT2D eigenvalue weighted by atomic mass is 9.99. The van der Waals surface area contributed by atoms with Crippen molar-refractivity contribution in [3.8, 4) is 22.9 Å². The van der Waals surface area contributed by atoms with Gasteiger partial charge in [0, 0.05) is 16.7 Å². The van der Waals surface area contributed by atoms with Crippen molar-refractivity contribution in [1.82, 2.24) is 0 Å². The van der Waals surface area contributed by atoms with Gasteiger partial charge in [0.05, 0.1) is 18.2 Å². The van der Waals surface area contributed by atoms with Gasteiger partial charge in [0.15, 0.2) is 0 Å². The highest BCUT2D eigenvalue weighted by molar-refractivity contribution is 5.84. The van der Waals surface area contributed by atoms with Gasteiger partial charge in [-0.05, 0) is 25.5 Å². The van der Waals surface area contributed by atoms with Gasteiger partial charge in [0.1, 0.15) is 5.75 Å². The van der Waals surface area contributed by atoms with E-state index in [4.69, 9.17) is 9.84 Å². The Morgan fingerprint density at radius 3 is 2.26 bits per heavy atom. The zero-order valence-corrected chi connectivity index (χ0v) is 16.1. The Bertz CT molecular complexity index is 778. The highest BCUT2D eigenvalue weighted by Gasteiger charge is 2.09. The van der Waals surface area contributed by atoms with Crippen LogP contribution >= 0.6 is 0 Å². The molecule has 0 bridgehead atoms. The number of hydrogen-bond donors (Lipinski definition) is 1. The standard InChI is InChI=1S/C19H21NO.C4H6O2/c1-2-3-4-9-14-21-19-13-8-7-12-18(19)17-11-6-5-10-16(17)15-20;1-3(2)4(5)6/h5-8,10-13H,2-4,9,14H2,1H3;1H2,2H3,(H,5,6). The molecule has 0 atom stereocenters. The maximum absolute atomic E-state index is 9.60. The number of nitrogens with zero attached hydrogens (tertiary/aromatic N) is 1. The molecule has 0 heterocycles. The van der Waals surface area contributed by atoms with Crippen molar-refractivity contribution < 1.29 is 14.6 Å². The van der Waals surface area contributed by atoms with Gasteiger partial charge in [0.2, 0.25) is 0 Å². The summed E-state index contributed by atoms with van der Waals surface area (Å²) in [5, 5.41) is 17.1. The summed E-state index contributed by atoms with van der Waals surface area (Å²) in [4.78, 5) is 9.60. The maximum atomic E-state index is 9.60. The molecule has 4 nitrogen and oxygen atoms in total. The SMILES string of the molecule is C=C(C)C(=O)O.CCCCCCOc1ccccc1-c1ccccc1C#N. The second-order valence-electron chi connectivity index (χ2n) is 6.15. The maximum Gasteiger partial charge on any atom is 0.330 e. The van der Waals surface area contributed by atoms with Crippen molar-refractivity contribution in [3.63, 3.8) is 0 Å². The first-order chi connectivity index (χ1) is 13.0. The van der Waals surface area contributed by atoms with E-state index in [1.54, 1.807) is 0 Å². The molecule has 0 radical (unpaired) electrons. The van der Waals surface area contributed by atoms with Gasteiger partial charge < -0.3 is 9.84 Å². The van der Waals surface area contributed by atoms with E-state index in [0.29, 0.717) is 5.56 Å². The van der Waals surface area contributed by atoms with Crippen LogP contribution in [0, 0.1) is 11.3 Å². The van der Waals surface area contributed by atoms with Crippen LogP contribution in [-0.4, -0.2) is 17.7 Å². The summed E-state index contributed by atoms with van der Waals surface area (Å²) in [5.74, 6) is -0.0771. The predicted molar refractivity (Wildman–Crippen MR) is 109 cm³/mol. The van der Waals surface area contributed by atoms with Crippen LogP contribution in [-0.2, 0) is 4.79 Å². The summed E-state index contributed by atoms with van der Waals surface area (Å²) in [7, 11) is 0. The molecule has 2 aromatic rings. The average molecular weight is 365 g/mol. The van der Waals surface area contributed by atoms with E-state index in [9.17, 15) is 10.1 Å². The van der Waals surface area contributed by atoms with E-state index >= 15 is 0 Å². The number of nitriles is 1. The van der Waals surface area contributed by atoms with Crippen LogP contribution in [0.15, 0.2) is 60.7 Å². The molecule has 1 N–H and O–H groups in total. The Morgan fingerprint density at radius 2 is 1.67 bits per heavy atom. The largest absolute Gasteiger partial charge is 0.493 e. The fraction of sp³-hybridized carbons (Fsp3) is 0.304. The summed E-state index contributed by atoms with van der Waals surface area (Å²) >= 11 is 0. The molecule has 0 saturated carbocycles. The molecule has 27 heavy (non-hydrogen) atoms. The molecule has 0 unspecified atom stereocenters. The van der Waals surface area contributed by atoms with Crippen LogP contribution in [0.2, 0.25) is 0 Å². The molecule has 0 aromatic heterocycles. The molecule has 4 heteroatoms. The Balaban J connectivity index is 0.000000527. The molecule has 0 aliphatic carbocycles. The number of ether oxygens (including phenoxy) is 1. The van der Waals surface area contributed by atoms with E-state index < -0.39 is 5.97 Å². The van der Waals surface area contributed by atoms with Crippen LogP contribution in [0.1, 0.15) is 45.1 Å². The number of hydrogen-bond acceptors (Lipinski definition) is 3. The molecule has 0 spiro atoms. The lowest BCUT2D eigenvalue weighted by Gasteiger charge is -2.12. The number of carboxylic acid groups (broad SMARTS) is 1. The first-order valence-electron chi connectivity index (χ1n) is 9.11. The molecule has 0 aliphatic heterocycles. The molecule has 0 aliphatic rings. The Kier molecular flexibility index (Phi) is 10.0. The van der Waals surface area contributed by atoms with Crippen LogP contribution in [0.5, 0.6) is 5.75 Å². The lowest BCUT2D eigenvalue weighted by Crippen LogP contribution is -1.99. The van der Waals surface area contributed by atoms with Crippen LogP contribution in [0.3, 0.4) is 0 Å². The quantitative estimate of drug-likeness (QED) is 0.472. The third kappa shape index (κ3) is 7.79. The molecule has 0 fully saturated rings. The summed E-state index contributed by atoms with van der Waals surface area (Å²) in [6.07, 6.45) is 4.75. The van der Waals surface area contributed by atoms with Crippen LogP contribution in [0.4, 0.5) is 0 Å². The lowest BCUT2D eigenvalue weighted by molar-refractivity contribution is -0.132. The van der Waals surface area contributed by atoms with E-state index in [1.165, 1.54) is 26.2 Å². The van der Waals surface area contributed by atoms with Crippen LogP contribution < -0.4 is 4.74 Å². The summed E-state index contributed by atoms with van der Waals surface area (Å²) in [6.45, 7) is 7.53. The van der Waals surface area contributed by atoms with Crippen molar-refractivity contribution in [2.45, 2.75) is 39.5 Å². The van der Waals surface area contributed by atoms with Gasteiger partial charge in [-0.15, -0.1) is 0 Å². The number of unbranched alkanes of at least 4 members (excludes halogenated alkanes) is 3. The highest BCUT2D eigenvalue weighted by Crippen LogP contribution is 2.32. The zero-order valence-electron chi connectivity index (χ0n) is 16.1. The minimum absolute atomic E-state index is 0.176. The van der Waals surface area contributed by atoms with Gasteiger partial charge in [-0.2, -0.15) is 5.26 Å². The fourth-order valence-corrected chi connectivity index (χ4v) is 2.34. The van der Waals surface area contributed by atoms with Gasteiger partial charge in [-0.3, -0.25) is 0 Å². The number of carboxylic acids is 1. The van der Waals surface area contributed by atoms with Crippen molar-refractivity contribution in [1.29, 1.82) is 5.26 Å². The van der Waals surface area contributed by atoms with Crippen molar-refractivity contribution in [3.05, 3.63) is 66.2 Å². The molecular formula is C23H27NO3. The molecular weight excluding hydrogens is 338 g/mol. The number of carbonyl (C=O) groups is 1. The molecule has 2 rings (SSSR count). The van der Waals surface area contributed by atoms with E-state index in [2.05, 4.69) is 19.6 Å². The Labute approximate surface area is 161 Å². The van der Waals surface area contributed by atoms with Crippen molar-refractivity contribution >= 4 is 5.97 Å². The highest BCUT2D eigenvalue weighted by atomic mass is 16.5. The second-order valence-corrected chi connectivity index (χ2v) is 6.15. The smallest absolute Gasteiger partial charge is 0.330 e. The fourth-order valence-electron chi connectivity index (χ4n) is 2.34. The Hall–Kier alpha value is -3.06. The minimum Gasteiger partial charge on any atom is -0.493 e. The number of rotatable bonds is 8. The average Bonchev–Trinajstić information content (AvgIpc) is 2.68. The molecule has 142 valence electrons. The first kappa shape index (κ1) is 22.0. The third-order valence-corrected chi connectivity index (χ3v) is 3.85. The molecule has 2 aromatic carbocycles. The number of para-hydroxylation sites is 1. The topological polar surface area (TPSA) is 70.3 Å². The minimum atomic E-state index is -0.935. The first-order valence-corrected chi connectivity index (χ1v) is 9.11. The van der Waals surface area contributed by atoms with Gasteiger partial charge in [-0.1, -0.05) is 69.2 Å². The second kappa shape index (κ2) is 12.3. The van der Waals surface area contributed by atoms with Crippen LogP contribution in [0.25, 0.3) is 11.1 Å². The summed E-state index contributed by atoms with van der Waals surface area (Å²) in [5.41, 5.74) is 2.78. The molecule has 0 amide bonds.